The third kappa shape index (κ3) is 2.22. The summed E-state index contributed by atoms with van der Waals surface area (Å²) in [5.41, 5.74) is -0.233. The monoisotopic (exact) mass is 251 g/mol. The van der Waals surface area contributed by atoms with Gasteiger partial charge in [0.15, 0.2) is 5.82 Å². The third-order valence-electron chi connectivity index (χ3n) is 2.15. The van der Waals surface area contributed by atoms with Gasteiger partial charge >= 0.3 is 5.97 Å². The van der Waals surface area contributed by atoms with Gasteiger partial charge in [-0.15, -0.1) is 5.10 Å². The number of esters is 1. The molecule has 0 radical (unpaired) electrons. The number of nitrogens with zero attached hydrogens (tertiary/aromatic N) is 4. The van der Waals surface area contributed by atoms with E-state index < -0.39 is 5.97 Å². The molecule has 2 rings (SSSR count). The fraction of sp³-hybridized carbons (Fsp3) is 0.500. The summed E-state index contributed by atoms with van der Waals surface area (Å²) in [6.07, 6.45) is 0. The molecule has 0 saturated heterocycles. The predicted molar refractivity (Wildman–Crippen MR) is 59.7 cm³/mol. The van der Waals surface area contributed by atoms with Crippen molar-refractivity contribution in [2.75, 3.05) is 7.11 Å². The lowest BCUT2D eigenvalue weighted by molar-refractivity contribution is 0.0587. The molecule has 8 nitrogen and oxygen atoms in total. The van der Waals surface area contributed by atoms with E-state index >= 15 is 0 Å². The van der Waals surface area contributed by atoms with Crippen molar-refractivity contribution in [2.45, 2.75) is 26.2 Å². The Morgan fingerprint density at radius 1 is 1.33 bits per heavy atom. The Hall–Kier alpha value is -2.25. The van der Waals surface area contributed by atoms with Crippen molar-refractivity contribution >= 4 is 5.97 Å². The zero-order valence-corrected chi connectivity index (χ0v) is 10.5. The van der Waals surface area contributed by atoms with Crippen LogP contribution in [0, 0.1) is 0 Å². The number of aromatic nitrogens is 5. The van der Waals surface area contributed by atoms with Gasteiger partial charge in [0, 0.05) is 5.41 Å². The maximum Gasteiger partial charge on any atom is 0.375 e. The molecule has 2 aromatic heterocycles. The van der Waals surface area contributed by atoms with Crippen molar-refractivity contribution in [3.8, 4) is 11.7 Å². The van der Waals surface area contributed by atoms with Crippen LogP contribution in [0.4, 0.5) is 0 Å². The highest BCUT2D eigenvalue weighted by molar-refractivity contribution is 5.85. The first kappa shape index (κ1) is 12.2. The van der Waals surface area contributed by atoms with Crippen molar-refractivity contribution in [2.24, 2.45) is 0 Å². The van der Waals surface area contributed by atoms with E-state index in [1.54, 1.807) is 0 Å². The van der Waals surface area contributed by atoms with Crippen LogP contribution in [0.1, 0.15) is 37.2 Å². The standard InChI is InChI=1S/C10H13N5O3/c1-10(2,3)9-12-7(18-15-9)5-11-6(14-13-5)8(16)17-4/h1-4H3,(H,11,13,14). The predicted octanol–water partition coefficient (Wildman–Crippen LogP) is 0.939. The number of ether oxygens (including phenoxy) is 1. The molecule has 2 heterocycles. The van der Waals surface area contributed by atoms with Gasteiger partial charge in [0.25, 0.3) is 5.89 Å². The number of carbonyl (C=O) groups excluding carboxylic acids is 1. The minimum Gasteiger partial charge on any atom is -0.463 e. The van der Waals surface area contributed by atoms with Crippen LogP contribution in [0.15, 0.2) is 4.52 Å². The molecule has 1 N–H and O–H groups in total. The molecule has 0 amide bonds. The van der Waals surface area contributed by atoms with Gasteiger partial charge in [0.2, 0.25) is 11.6 Å². The highest BCUT2D eigenvalue weighted by Crippen LogP contribution is 2.21. The van der Waals surface area contributed by atoms with Gasteiger partial charge < -0.3 is 9.26 Å². The molecule has 0 fully saturated rings. The molecule has 18 heavy (non-hydrogen) atoms. The SMILES string of the molecule is COC(=O)c1nc(-c2nc(C(C)(C)C)no2)n[nH]1. The second-order valence-electron chi connectivity index (χ2n) is 4.67. The van der Waals surface area contributed by atoms with Gasteiger partial charge in [-0.1, -0.05) is 25.9 Å². The number of rotatable bonds is 2. The molecular formula is C10H13N5O3. The number of methoxy groups -OCH3 is 1. The van der Waals surface area contributed by atoms with Gasteiger partial charge in [-0.05, 0) is 0 Å². The van der Waals surface area contributed by atoms with Gasteiger partial charge in [-0.25, -0.2) is 4.79 Å². The molecule has 0 spiro atoms. The minimum atomic E-state index is -0.607. The average Bonchev–Trinajstić information content (AvgIpc) is 2.94. The summed E-state index contributed by atoms with van der Waals surface area (Å²) in [5.74, 6) is 0.249. The molecule has 8 heteroatoms. The van der Waals surface area contributed by atoms with E-state index in [0.717, 1.165) is 0 Å². The smallest absolute Gasteiger partial charge is 0.375 e. The minimum absolute atomic E-state index is 0.0111. The van der Waals surface area contributed by atoms with Crippen LogP contribution in [0.3, 0.4) is 0 Å². The van der Waals surface area contributed by atoms with E-state index in [9.17, 15) is 4.79 Å². The summed E-state index contributed by atoms with van der Waals surface area (Å²) in [7, 11) is 1.26. The lowest BCUT2D eigenvalue weighted by Crippen LogP contribution is -2.13. The second-order valence-corrected chi connectivity index (χ2v) is 4.67. The first-order chi connectivity index (χ1) is 8.41. The molecule has 0 aliphatic heterocycles. The van der Waals surface area contributed by atoms with Gasteiger partial charge in [-0.2, -0.15) is 9.97 Å². The number of nitrogens with one attached hydrogen (secondary N) is 1. The lowest BCUT2D eigenvalue weighted by atomic mass is 9.96. The van der Waals surface area contributed by atoms with E-state index in [-0.39, 0.29) is 23.0 Å². The third-order valence-corrected chi connectivity index (χ3v) is 2.15. The molecule has 0 aliphatic rings. The summed E-state index contributed by atoms with van der Waals surface area (Å²) >= 11 is 0. The van der Waals surface area contributed by atoms with Crippen molar-refractivity contribution in [1.29, 1.82) is 0 Å². The van der Waals surface area contributed by atoms with Gasteiger partial charge in [0.05, 0.1) is 7.11 Å². The van der Waals surface area contributed by atoms with Crippen LogP contribution in [0.25, 0.3) is 11.7 Å². The summed E-state index contributed by atoms with van der Waals surface area (Å²) in [6.45, 7) is 5.87. The van der Waals surface area contributed by atoms with E-state index in [0.29, 0.717) is 5.82 Å². The summed E-state index contributed by atoms with van der Waals surface area (Å²) < 4.78 is 9.55. The van der Waals surface area contributed by atoms with E-state index in [2.05, 4.69) is 30.1 Å². The molecule has 0 atom stereocenters. The van der Waals surface area contributed by atoms with Crippen molar-refractivity contribution in [1.82, 2.24) is 25.3 Å². The molecule has 2 aromatic rings. The Labute approximate surface area is 103 Å². The molecular weight excluding hydrogens is 238 g/mol. The van der Waals surface area contributed by atoms with E-state index in [1.807, 2.05) is 20.8 Å². The van der Waals surface area contributed by atoms with Crippen molar-refractivity contribution in [3.05, 3.63) is 11.6 Å². The van der Waals surface area contributed by atoms with E-state index in [4.69, 9.17) is 4.52 Å². The Balaban J connectivity index is 2.30. The highest BCUT2D eigenvalue weighted by Gasteiger charge is 2.23. The lowest BCUT2D eigenvalue weighted by Gasteiger charge is -2.10. The van der Waals surface area contributed by atoms with Crippen LogP contribution < -0.4 is 0 Å². The molecule has 0 saturated carbocycles. The van der Waals surface area contributed by atoms with Crippen molar-refractivity contribution in [3.63, 3.8) is 0 Å². The Morgan fingerprint density at radius 2 is 2.06 bits per heavy atom. The number of hydrogen-bond donors (Lipinski definition) is 1. The van der Waals surface area contributed by atoms with Crippen LogP contribution in [-0.4, -0.2) is 38.4 Å². The summed E-state index contributed by atoms with van der Waals surface area (Å²) in [4.78, 5) is 19.3. The van der Waals surface area contributed by atoms with Crippen LogP contribution in [0.5, 0.6) is 0 Å². The maximum atomic E-state index is 11.2. The fourth-order valence-corrected chi connectivity index (χ4v) is 1.16. The van der Waals surface area contributed by atoms with Crippen LogP contribution in [-0.2, 0) is 10.2 Å². The average molecular weight is 251 g/mol. The fourth-order valence-electron chi connectivity index (χ4n) is 1.16. The number of aromatic amines is 1. The molecule has 96 valence electrons. The largest absolute Gasteiger partial charge is 0.463 e. The first-order valence-corrected chi connectivity index (χ1v) is 5.27. The quantitative estimate of drug-likeness (QED) is 0.791. The number of H-pyrrole nitrogens is 1. The van der Waals surface area contributed by atoms with E-state index in [1.165, 1.54) is 7.11 Å². The number of hydrogen-bond acceptors (Lipinski definition) is 7. The Morgan fingerprint density at radius 3 is 2.61 bits per heavy atom. The molecule has 0 bridgehead atoms. The Bertz CT molecular complexity index is 566. The Kier molecular flexibility index (Phi) is 2.85. The van der Waals surface area contributed by atoms with Crippen LogP contribution >= 0.6 is 0 Å². The zero-order chi connectivity index (χ0) is 13.3. The van der Waals surface area contributed by atoms with Crippen molar-refractivity contribution < 1.29 is 14.1 Å². The molecule has 0 aliphatic carbocycles. The van der Waals surface area contributed by atoms with Gasteiger partial charge in [0.1, 0.15) is 0 Å². The second kappa shape index (κ2) is 4.21. The number of carbonyl (C=O) groups is 1. The van der Waals surface area contributed by atoms with Crippen LogP contribution in [0.2, 0.25) is 0 Å². The molecule has 0 unspecified atom stereocenters. The summed E-state index contributed by atoms with van der Waals surface area (Å²) in [6, 6.07) is 0. The first-order valence-electron chi connectivity index (χ1n) is 5.27. The maximum absolute atomic E-state index is 11.2. The topological polar surface area (TPSA) is 107 Å². The molecule has 0 aromatic carbocycles. The zero-order valence-electron chi connectivity index (χ0n) is 10.5. The summed E-state index contributed by atoms with van der Waals surface area (Å²) in [5, 5.41) is 10.1. The van der Waals surface area contributed by atoms with Gasteiger partial charge in [-0.3, -0.25) is 5.10 Å². The highest BCUT2D eigenvalue weighted by atomic mass is 16.5. The normalized spacial score (nSPS) is 11.6.